The van der Waals surface area contributed by atoms with Gasteiger partial charge in [-0.2, -0.15) is 13.2 Å². The summed E-state index contributed by atoms with van der Waals surface area (Å²) in [5, 5.41) is 8.49. The van der Waals surface area contributed by atoms with Crippen LogP contribution in [0.25, 0.3) is 0 Å². The molecule has 1 aliphatic rings. The molecule has 0 amide bonds. The van der Waals surface area contributed by atoms with Crippen LogP contribution in [0.4, 0.5) is 13.2 Å². The van der Waals surface area contributed by atoms with E-state index < -0.39 is 12.7 Å². The van der Waals surface area contributed by atoms with Crippen LogP contribution in [0, 0.1) is 0 Å². The molecular weight excluding hydrogens is 337 g/mol. The lowest BCUT2D eigenvalue weighted by Crippen LogP contribution is -2.45. The van der Waals surface area contributed by atoms with Crippen molar-refractivity contribution in [2.24, 2.45) is 4.99 Å². The van der Waals surface area contributed by atoms with Gasteiger partial charge in [-0.1, -0.05) is 13.0 Å². The molecule has 0 aromatic carbocycles. The van der Waals surface area contributed by atoms with Gasteiger partial charge < -0.3 is 10.6 Å². The Kier molecular flexibility index (Phi) is 6.91. The Bertz CT molecular complexity index is 516. The Morgan fingerprint density at radius 1 is 1.50 bits per heavy atom. The summed E-state index contributed by atoms with van der Waals surface area (Å²) in [5.41, 5.74) is 0. The molecule has 8 heteroatoms. The predicted octanol–water partition coefficient (Wildman–Crippen LogP) is 3.04. The van der Waals surface area contributed by atoms with Gasteiger partial charge in [-0.25, -0.2) is 0 Å². The fraction of sp³-hybridized carbons (Fsp3) is 0.688. The molecule has 0 bridgehead atoms. The summed E-state index contributed by atoms with van der Waals surface area (Å²) in [6.45, 7) is 5.48. The van der Waals surface area contributed by atoms with Gasteiger partial charge in [-0.3, -0.25) is 9.89 Å². The summed E-state index contributed by atoms with van der Waals surface area (Å²) in [6.07, 6.45) is -3.44. The highest BCUT2D eigenvalue weighted by molar-refractivity contribution is 7.10. The summed E-state index contributed by atoms with van der Waals surface area (Å²) in [6, 6.07) is 4.12. The maximum atomic E-state index is 12.5. The van der Waals surface area contributed by atoms with Gasteiger partial charge in [-0.15, -0.1) is 11.3 Å². The molecule has 136 valence electrons. The van der Waals surface area contributed by atoms with Crippen molar-refractivity contribution >= 4 is 17.3 Å². The minimum absolute atomic E-state index is 0.00203. The highest BCUT2D eigenvalue weighted by Crippen LogP contribution is 2.21. The lowest BCUT2D eigenvalue weighted by Gasteiger charge is -2.20. The zero-order chi connectivity index (χ0) is 17.6. The molecule has 2 rings (SSSR count). The molecule has 0 radical (unpaired) electrons. The molecule has 1 saturated heterocycles. The number of thiophene rings is 1. The first-order valence-corrected chi connectivity index (χ1v) is 9.12. The van der Waals surface area contributed by atoms with Gasteiger partial charge in [0.15, 0.2) is 5.96 Å². The van der Waals surface area contributed by atoms with Gasteiger partial charge in [0.05, 0.1) is 13.1 Å². The van der Waals surface area contributed by atoms with Gasteiger partial charge in [0.1, 0.15) is 0 Å². The van der Waals surface area contributed by atoms with Gasteiger partial charge in [0, 0.05) is 36.5 Å². The summed E-state index contributed by atoms with van der Waals surface area (Å²) < 4.78 is 37.4. The van der Waals surface area contributed by atoms with Crippen LogP contribution in [0.15, 0.2) is 22.5 Å². The summed E-state index contributed by atoms with van der Waals surface area (Å²) in [4.78, 5) is 7.32. The average Bonchev–Trinajstić information content (AvgIpc) is 3.15. The Morgan fingerprint density at radius 3 is 2.92 bits per heavy atom. The van der Waals surface area contributed by atoms with Crippen LogP contribution < -0.4 is 10.6 Å². The molecule has 4 nitrogen and oxygen atoms in total. The first kappa shape index (κ1) is 19.1. The van der Waals surface area contributed by atoms with E-state index in [2.05, 4.69) is 28.6 Å². The lowest BCUT2D eigenvalue weighted by atomic mass is 10.1. The third-order valence-electron chi connectivity index (χ3n) is 3.91. The second-order valence-electron chi connectivity index (χ2n) is 6.12. The average molecular weight is 362 g/mol. The maximum Gasteiger partial charge on any atom is 0.401 e. The van der Waals surface area contributed by atoms with E-state index in [1.165, 1.54) is 9.78 Å². The van der Waals surface area contributed by atoms with Crippen molar-refractivity contribution < 1.29 is 13.2 Å². The normalized spacial score (nSPS) is 21.0. The minimum atomic E-state index is -4.14. The first-order chi connectivity index (χ1) is 11.4. The predicted molar refractivity (Wildman–Crippen MR) is 92.7 cm³/mol. The topological polar surface area (TPSA) is 39.7 Å². The smallest absolute Gasteiger partial charge is 0.357 e. The molecule has 24 heavy (non-hydrogen) atoms. The van der Waals surface area contributed by atoms with E-state index in [-0.39, 0.29) is 6.04 Å². The van der Waals surface area contributed by atoms with Crippen LogP contribution in [0.2, 0.25) is 0 Å². The highest BCUT2D eigenvalue weighted by atomic mass is 32.1. The van der Waals surface area contributed by atoms with E-state index in [1.807, 2.05) is 18.4 Å². The molecule has 2 N–H and O–H groups in total. The van der Waals surface area contributed by atoms with Crippen molar-refractivity contribution in [3.05, 3.63) is 22.4 Å². The van der Waals surface area contributed by atoms with Crippen LogP contribution in [-0.4, -0.2) is 55.8 Å². The third kappa shape index (κ3) is 6.32. The molecular formula is C16H25F3N4S. The number of aliphatic imine (C=N–C) groups is 1. The summed E-state index contributed by atoms with van der Waals surface area (Å²) >= 11 is 1.71. The summed E-state index contributed by atoms with van der Waals surface area (Å²) in [5.74, 6) is 1.01. The number of rotatable bonds is 6. The minimum Gasteiger partial charge on any atom is -0.357 e. The van der Waals surface area contributed by atoms with E-state index in [9.17, 15) is 13.2 Å². The number of alkyl halides is 3. The van der Waals surface area contributed by atoms with Crippen LogP contribution >= 0.6 is 11.3 Å². The molecule has 0 spiro atoms. The molecule has 1 aliphatic heterocycles. The van der Waals surface area contributed by atoms with Gasteiger partial charge in [0.2, 0.25) is 0 Å². The van der Waals surface area contributed by atoms with E-state index in [0.717, 1.165) is 6.54 Å². The van der Waals surface area contributed by atoms with E-state index >= 15 is 0 Å². The Balaban J connectivity index is 1.86. The van der Waals surface area contributed by atoms with Gasteiger partial charge in [0.25, 0.3) is 0 Å². The number of likely N-dealkylation sites (tertiary alicyclic amines) is 1. The standard InChI is InChI=1S/C16H25F3N4S/c1-3-20-15(21-9-12(2)14-5-4-8-24-14)22-13-6-7-23(10-13)11-16(17,18)19/h4-5,8,12-13H,3,6-7,9-11H2,1-2H3,(H2,20,21,22). The SMILES string of the molecule is CCNC(=NCC(C)c1cccs1)NC1CCN(CC(F)(F)F)C1. The zero-order valence-corrected chi connectivity index (χ0v) is 14.9. The maximum absolute atomic E-state index is 12.5. The molecule has 2 unspecified atom stereocenters. The third-order valence-corrected chi connectivity index (χ3v) is 5.02. The van der Waals surface area contributed by atoms with Crippen molar-refractivity contribution in [1.82, 2.24) is 15.5 Å². The van der Waals surface area contributed by atoms with Crippen LogP contribution in [0.1, 0.15) is 31.1 Å². The molecule has 0 aliphatic carbocycles. The Labute approximate surface area is 145 Å². The number of hydrogen-bond acceptors (Lipinski definition) is 3. The molecule has 1 fully saturated rings. The molecule has 2 atom stereocenters. The Morgan fingerprint density at radius 2 is 2.29 bits per heavy atom. The number of guanidine groups is 1. The van der Waals surface area contributed by atoms with Gasteiger partial charge in [-0.05, 0) is 24.8 Å². The van der Waals surface area contributed by atoms with Crippen molar-refractivity contribution in [2.75, 3.05) is 32.7 Å². The largest absolute Gasteiger partial charge is 0.401 e. The second-order valence-corrected chi connectivity index (χ2v) is 7.10. The number of nitrogens with one attached hydrogen (secondary N) is 2. The lowest BCUT2D eigenvalue weighted by molar-refractivity contribution is -0.143. The second kappa shape index (κ2) is 8.71. The van der Waals surface area contributed by atoms with Crippen LogP contribution in [-0.2, 0) is 0 Å². The van der Waals surface area contributed by atoms with Crippen molar-refractivity contribution in [2.45, 2.75) is 38.4 Å². The number of hydrogen-bond donors (Lipinski definition) is 2. The molecule has 0 saturated carbocycles. The first-order valence-electron chi connectivity index (χ1n) is 8.24. The molecule has 1 aromatic heterocycles. The van der Waals surface area contributed by atoms with Crippen LogP contribution in [0.3, 0.4) is 0 Å². The van der Waals surface area contributed by atoms with Crippen molar-refractivity contribution in [3.63, 3.8) is 0 Å². The monoisotopic (exact) mass is 362 g/mol. The fourth-order valence-electron chi connectivity index (χ4n) is 2.75. The van der Waals surface area contributed by atoms with Crippen molar-refractivity contribution in [1.29, 1.82) is 0 Å². The van der Waals surface area contributed by atoms with Crippen LogP contribution in [0.5, 0.6) is 0 Å². The summed E-state index contributed by atoms with van der Waals surface area (Å²) in [7, 11) is 0. The quantitative estimate of drug-likeness (QED) is 0.604. The van der Waals surface area contributed by atoms with E-state index in [1.54, 1.807) is 11.3 Å². The number of nitrogens with zero attached hydrogens (tertiary/aromatic N) is 2. The zero-order valence-electron chi connectivity index (χ0n) is 14.1. The van der Waals surface area contributed by atoms with E-state index in [4.69, 9.17) is 0 Å². The van der Waals surface area contributed by atoms with Gasteiger partial charge >= 0.3 is 6.18 Å². The number of halogens is 3. The molecule has 2 heterocycles. The van der Waals surface area contributed by atoms with E-state index in [0.29, 0.717) is 37.9 Å². The molecule has 1 aromatic rings. The Hall–Kier alpha value is -1.28. The fourth-order valence-corrected chi connectivity index (χ4v) is 3.53. The highest BCUT2D eigenvalue weighted by Gasteiger charge is 2.34. The van der Waals surface area contributed by atoms with Crippen molar-refractivity contribution in [3.8, 4) is 0 Å².